The van der Waals surface area contributed by atoms with E-state index in [4.69, 9.17) is 21.3 Å². The van der Waals surface area contributed by atoms with Crippen LogP contribution in [0.15, 0.2) is 54.6 Å². The van der Waals surface area contributed by atoms with E-state index >= 15 is 0 Å². The van der Waals surface area contributed by atoms with Gasteiger partial charge >= 0.3 is 0 Å². The standard InChI is InChI=1S/C24H24ClN3O3/c1-27(2)13-19-9-8-17-12-28(14-20(17)26-19)24(30)23-21(29)10-18(25)11-22(23)31-15-16-6-4-3-5-7-16/h3-11,29H,12-15H2,1-2H3. The number of carbonyl (C=O) groups excluding carboxylic acids is 1. The lowest BCUT2D eigenvalue weighted by Crippen LogP contribution is -2.26. The molecular formula is C24H24ClN3O3. The predicted molar refractivity (Wildman–Crippen MR) is 119 cm³/mol. The first-order chi connectivity index (χ1) is 14.9. The quantitative estimate of drug-likeness (QED) is 0.625. The summed E-state index contributed by atoms with van der Waals surface area (Å²) >= 11 is 6.12. The molecule has 1 aliphatic heterocycles. The maximum absolute atomic E-state index is 13.3. The SMILES string of the molecule is CN(C)Cc1ccc2c(n1)CN(C(=O)c1c(O)cc(Cl)cc1OCc1ccccc1)C2. The van der Waals surface area contributed by atoms with Crippen LogP contribution in [0.2, 0.25) is 5.02 Å². The van der Waals surface area contributed by atoms with Gasteiger partial charge in [0.05, 0.1) is 17.9 Å². The minimum Gasteiger partial charge on any atom is -0.507 e. The number of benzene rings is 2. The summed E-state index contributed by atoms with van der Waals surface area (Å²) in [5.74, 6) is -0.252. The highest BCUT2D eigenvalue weighted by Gasteiger charge is 2.30. The largest absolute Gasteiger partial charge is 0.507 e. The zero-order valence-corrected chi connectivity index (χ0v) is 18.3. The van der Waals surface area contributed by atoms with Crippen molar-refractivity contribution in [2.24, 2.45) is 0 Å². The molecule has 0 atom stereocenters. The van der Waals surface area contributed by atoms with Crippen LogP contribution in [0.5, 0.6) is 11.5 Å². The third-order valence-electron chi connectivity index (χ3n) is 5.09. The molecule has 0 fully saturated rings. The minimum absolute atomic E-state index is 0.113. The molecule has 1 aliphatic rings. The summed E-state index contributed by atoms with van der Waals surface area (Å²) in [5.41, 5.74) is 3.91. The summed E-state index contributed by atoms with van der Waals surface area (Å²) in [6.07, 6.45) is 0. The first kappa shape index (κ1) is 21.2. The number of aromatic hydroxyl groups is 1. The monoisotopic (exact) mass is 437 g/mol. The summed E-state index contributed by atoms with van der Waals surface area (Å²) in [6.45, 7) is 1.81. The van der Waals surface area contributed by atoms with Crippen LogP contribution in [0.1, 0.15) is 32.9 Å². The molecule has 2 heterocycles. The van der Waals surface area contributed by atoms with E-state index in [0.29, 0.717) is 18.1 Å². The zero-order chi connectivity index (χ0) is 22.0. The number of ether oxygens (including phenoxy) is 1. The Hall–Kier alpha value is -3.09. The van der Waals surface area contributed by atoms with Crippen molar-refractivity contribution >= 4 is 17.5 Å². The van der Waals surface area contributed by atoms with Gasteiger partial charge in [-0.05, 0) is 43.4 Å². The molecule has 0 radical (unpaired) electrons. The molecule has 6 nitrogen and oxygen atoms in total. The van der Waals surface area contributed by atoms with Gasteiger partial charge in [0.1, 0.15) is 23.7 Å². The van der Waals surface area contributed by atoms with Crippen molar-refractivity contribution in [1.29, 1.82) is 0 Å². The van der Waals surface area contributed by atoms with E-state index in [1.54, 1.807) is 11.0 Å². The van der Waals surface area contributed by atoms with Crippen LogP contribution in [-0.2, 0) is 26.2 Å². The highest BCUT2D eigenvalue weighted by molar-refractivity contribution is 6.31. The smallest absolute Gasteiger partial charge is 0.262 e. The number of rotatable bonds is 6. The van der Waals surface area contributed by atoms with E-state index < -0.39 is 0 Å². The van der Waals surface area contributed by atoms with Gasteiger partial charge in [-0.1, -0.05) is 48.0 Å². The topological polar surface area (TPSA) is 65.9 Å². The second kappa shape index (κ2) is 8.96. The number of phenols is 1. The summed E-state index contributed by atoms with van der Waals surface area (Å²) in [5, 5.41) is 10.8. The predicted octanol–water partition coefficient (Wildman–Crippen LogP) is 4.24. The Morgan fingerprint density at radius 3 is 2.68 bits per heavy atom. The Morgan fingerprint density at radius 1 is 1.16 bits per heavy atom. The van der Waals surface area contributed by atoms with Gasteiger partial charge in [0.15, 0.2) is 0 Å². The fourth-order valence-corrected chi connectivity index (χ4v) is 3.85. The molecule has 160 valence electrons. The Bertz CT molecular complexity index is 1100. The Kier molecular flexibility index (Phi) is 6.11. The number of amides is 1. The minimum atomic E-state index is -0.315. The lowest BCUT2D eigenvalue weighted by atomic mass is 10.1. The van der Waals surface area contributed by atoms with Crippen LogP contribution in [0, 0.1) is 0 Å². The number of carbonyl (C=O) groups is 1. The first-order valence-electron chi connectivity index (χ1n) is 10.0. The molecular weight excluding hydrogens is 414 g/mol. The van der Waals surface area contributed by atoms with Crippen LogP contribution in [0.25, 0.3) is 0 Å². The zero-order valence-electron chi connectivity index (χ0n) is 17.5. The molecule has 4 rings (SSSR count). The van der Waals surface area contributed by atoms with Gasteiger partial charge in [0.25, 0.3) is 5.91 Å². The van der Waals surface area contributed by atoms with E-state index in [2.05, 4.69) is 4.90 Å². The Balaban J connectivity index is 1.56. The highest BCUT2D eigenvalue weighted by atomic mass is 35.5. The maximum atomic E-state index is 13.3. The molecule has 31 heavy (non-hydrogen) atoms. The lowest BCUT2D eigenvalue weighted by Gasteiger charge is -2.19. The number of halogens is 1. The molecule has 7 heteroatoms. The van der Waals surface area contributed by atoms with Crippen molar-refractivity contribution in [3.63, 3.8) is 0 Å². The summed E-state index contributed by atoms with van der Waals surface area (Å²) in [4.78, 5) is 21.8. The third kappa shape index (κ3) is 4.81. The van der Waals surface area contributed by atoms with E-state index in [1.807, 2.05) is 56.6 Å². The van der Waals surface area contributed by atoms with Crippen molar-refractivity contribution in [2.45, 2.75) is 26.2 Å². The molecule has 0 aliphatic carbocycles. The Labute approximate surface area is 186 Å². The van der Waals surface area contributed by atoms with Crippen molar-refractivity contribution in [3.05, 3.63) is 87.7 Å². The molecule has 1 aromatic heterocycles. The van der Waals surface area contributed by atoms with Crippen molar-refractivity contribution in [2.75, 3.05) is 14.1 Å². The van der Waals surface area contributed by atoms with Crippen LogP contribution in [-0.4, -0.2) is 39.9 Å². The third-order valence-corrected chi connectivity index (χ3v) is 5.31. The average molecular weight is 438 g/mol. The van der Waals surface area contributed by atoms with Gasteiger partial charge in [0, 0.05) is 18.1 Å². The number of phenolic OH excluding ortho intramolecular Hbond substituents is 1. The van der Waals surface area contributed by atoms with Crippen LogP contribution in [0.4, 0.5) is 0 Å². The highest BCUT2D eigenvalue weighted by Crippen LogP contribution is 2.35. The van der Waals surface area contributed by atoms with E-state index in [1.165, 1.54) is 6.07 Å². The van der Waals surface area contributed by atoms with E-state index in [0.717, 1.165) is 29.1 Å². The van der Waals surface area contributed by atoms with Crippen molar-refractivity contribution in [1.82, 2.24) is 14.8 Å². The molecule has 0 spiro atoms. The van der Waals surface area contributed by atoms with E-state index in [9.17, 15) is 9.90 Å². The van der Waals surface area contributed by atoms with Crippen LogP contribution >= 0.6 is 11.6 Å². The van der Waals surface area contributed by atoms with Gasteiger partial charge in [-0.2, -0.15) is 0 Å². The summed E-state index contributed by atoms with van der Waals surface area (Å²) < 4.78 is 5.89. The van der Waals surface area contributed by atoms with Gasteiger partial charge in [-0.15, -0.1) is 0 Å². The normalized spacial score (nSPS) is 12.8. The molecule has 0 saturated carbocycles. The molecule has 3 aromatic rings. The van der Waals surface area contributed by atoms with Gasteiger partial charge < -0.3 is 19.6 Å². The molecule has 1 amide bonds. The molecule has 0 bridgehead atoms. The van der Waals surface area contributed by atoms with Crippen LogP contribution in [0.3, 0.4) is 0 Å². The van der Waals surface area contributed by atoms with Gasteiger partial charge in [-0.25, -0.2) is 0 Å². The van der Waals surface area contributed by atoms with Crippen molar-refractivity contribution in [3.8, 4) is 11.5 Å². The second-order valence-electron chi connectivity index (χ2n) is 7.88. The average Bonchev–Trinajstić information content (AvgIpc) is 3.15. The number of hydrogen-bond acceptors (Lipinski definition) is 5. The fraction of sp³-hybridized carbons (Fsp3) is 0.250. The molecule has 0 saturated heterocycles. The summed E-state index contributed by atoms with van der Waals surface area (Å²) in [6, 6.07) is 16.5. The van der Waals surface area contributed by atoms with Crippen LogP contribution < -0.4 is 4.74 Å². The summed E-state index contributed by atoms with van der Waals surface area (Å²) in [7, 11) is 3.98. The second-order valence-corrected chi connectivity index (χ2v) is 8.32. The number of hydrogen-bond donors (Lipinski definition) is 1. The molecule has 1 N–H and O–H groups in total. The Morgan fingerprint density at radius 2 is 1.94 bits per heavy atom. The number of nitrogens with zero attached hydrogens (tertiary/aromatic N) is 3. The molecule has 2 aromatic carbocycles. The lowest BCUT2D eigenvalue weighted by molar-refractivity contribution is 0.0742. The van der Waals surface area contributed by atoms with Gasteiger partial charge in [-0.3, -0.25) is 9.78 Å². The van der Waals surface area contributed by atoms with Crippen molar-refractivity contribution < 1.29 is 14.6 Å². The van der Waals surface area contributed by atoms with Gasteiger partial charge in [0.2, 0.25) is 0 Å². The first-order valence-corrected chi connectivity index (χ1v) is 10.4. The number of fused-ring (bicyclic) bond motifs is 1. The molecule has 0 unspecified atom stereocenters. The number of aromatic nitrogens is 1. The maximum Gasteiger partial charge on any atom is 0.262 e. The fourth-order valence-electron chi connectivity index (χ4n) is 3.64. The number of pyridine rings is 1. The van der Waals surface area contributed by atoms with E-state index in [-0.39, 0.29) is 29.6 Å².